The van der Waals surface area contributed by atoms with Gasteiger partial charge in [0.2, 0.25) is 0 Å². The second-order valence-electron chi connectivity index (χ2n) is 3.25. The maximum absolute atomic E-state index is 13.2. The molecule has 3 heteroatoms. The van der Waals surface area contributed by atoms with Crippen LogP contribution in [0.3, 0.4) is 0 Å². The Morgan fingerprint density at radius 1 is 1.43 bits per heavy atom. The molecule has 0 unspecified atom stereocenters. The molecule has 0 heterocycles. The summed E-state index contributed by atoms with van der Waals surface area (Å²) in [6, 6.07) is 3.09. The van der Waals surface area contributed by atoms with Crippen molar-refractivity contribution in [3.63, 3.8) is 0 Å². The van der Waals surface area contributed by atoms with Gasteiger partial charge >= 0.3 is 0 Å². The van der Waals surface area contributed by atoms with Crippen molar-refractivity contribution in [1.29, 1.82) is 0 Å². The van der Waals surface area contributed by atoms with Gasteiger partial charge in [-0.05, 0) is 49.6 Å². The number of nitrogens with two attached hydrogens (primary N) is 1. The zero-order valence-electron chi connectivity index (χ0n) is 8.64. The van der Waals surface area contributed by atoms with Gasteiger partial charge in [0.25, 0.3) is 0 Å². The van der Waals surface area contributed by atoms with E-state index in [1.807, 2.05) is 0 Å². The van der Waals surface area contributed by atoms with E-state index in [9.17, 15) is 4.39 Å². The first kappa shape index (κ1) is 11.0. The van der Waals surface area contributed by atoms with Crippen LogP contribution in [-0.2, 0) is 6.42 Å². The Balaban J connectivity index is 3.01. The van der Waals surface area contributed by atoms with Gasteiger partial charge in [-0.1, -0.05) is 0 Å². The molecule has 2 nitrogen and oxygen atoms in total. The smallest absolute Gasteiger partial charge is 0.126 e. The lowest BCUT2D eigenvalue weighted by molar-refractivity contribution is 0.407. The topological polar surface area (TPSA) is 35.2 Å². The summed E-state index contributed by atoms with van der Waals surface area (Å²) in [5.41, 5.74) is 7.01. The van der Waals surface area contributed by atoms with E-state index in [0.717, 1.165) is 24.2 Å². The minimum Gasteiger partial charge on any atom is -0.496 e. The largest absolute Gasteiger partial charge is 0.496 e. The SMILES string of the molecule is COc1ccc(F)c(C)c1CCCN. The lowest BCUT2D eigenvalue weighted by Crippen LogP contribution is -2.04. The molecule has 78 valence electrons. The van der Waals surface area contributed by atoms with E-state index in [1.165, 1.54) is 6.07 Å². The van der Waals surface area contributed by atoms with E-state index in [1.54, 1.807) is 20.1 Å². The first-order valence-corrected chi connectivity index (χ1v) is 4.72. The van der Waals surface area contributed by atoms with Crippen molar-refractivity contribution < 1.29 is 9.13 Å². The Labute approximate surface area is 83.9 Å². The van der Waals surface area contributed by atoms with Crippen LogP contribution in [-0.4, -0.2) is 13.7 Å². The molecule has 0 bridgehead atoms. The van der Waals surface area contributed by atoms with Crippen molar-refractivity contribution in [2.75, 3.05) is 13.7 Å². The van der Waals surface area contributed by atoms with E-state index in [4.69, 9.17) is 10.5 Å². The zero-order valence-corrected chi connectivity index (χ0v) is 8.64. The molecule has 1 aromatic rings. The van der Waals surface area contributed by atoms with Crippen molar-refractivity contribution in [2.45, 2.75) is 19.8 Å². The molecule has 0 amide bonds. The molecule has 0 saturated heterocycles. The van der Waals surface area contributed by atoms with Gasteiger partial charge in [-0.15, -0.1) is 0 Å². The fraction of sp³-hybridized carbons (Fsp3) is 0.455. The van der Waals surface area contributed by atoms with Crippen LogP contribution in [0.15, 0.2) is 12.1 Å². The minimum atomic E-state index is -0.183. The Kier molecular flexibility index (Phi) is 3.89. The zero-order chi connectivity index (χ0) is 10.6. The van der Waals surface area contributed by atoms with Crippen LogP contribution in [0.25, 0.3) is 0 Å². The van der Waals surface area contributed by atoms with E-state index in [2.05, 4.69) is 0 Å². The minimum absolute atomic E-state index is 0.183. The molecule has 0 aliphatic rings. The van der Waals surface area contributed by atoms with Gasteiger partial charge in [0, 0.05) is 0 Å². The number of halogens is 1. The highest BCUT2D eigenvalue weighted by atomic mass is 19.1. The van der Waals surface area contributed by atoms with Crippen molar-refractivity contribution in [3.8, 4) is 5.75 Å². The van der Waals surface area contributed by atoms with Gasteiger partial charge in [0.1, 0.15) is 11.6 Å². The van der Waals surface area contributed by atoms with E-state index in [-0.39, 0.29) is 5.82 Å². The second-order valence-corrected chi connectivity index (χ2v) is 3.25. The molecule has 0 aromatic heterocycles. The fourth-order valence-electron chi connectivity index (χ4n) is 1.48. The summed E-state index contributed by atoms with van der Waals surface area (Å²) in [5.74, 6) is 0.565. The van der Waals surface area contributed by atoms with Gasteiger partial charge in [0.05, 0.1) is 7.11 Å². The number of ether oxygens (including phenoxy) is 1. The summed E-state index contributed by atoms with van der Waals surface area (Å²) < 4.78 is 18.4. The van der Waals surface area contributed by atoms with Crippen molar-refractivity contribution in [2.24, 2.45) is 5.73 Å². The van der Waals surface area contributed by atoms with Crippen LogP contribution in [0, 0.1) is 12.7 Å². The molecule has 14 heavy (non-hydrogen) atoms. The van der Waals surface area contributed by atoms with Crippen molar-refractivity contribution in [3.05, 3.63) is 29.1 Å². The normalized spacial score (nSPS) is 10.3. The standard InChI is InChI=1S/C11H16FNO/c1-8-9(4-3-7-13)11(14-2)6-5-10(8)12/h5-6H,3-4,7,13H2,1-2H3. The number of methoxy groups -OCH3 is 1. The third-order valence-electron chi connectivity index (χ3n) is 2.34. The van der Waals surface area contributed by atoms with Crippen LogP contribution in [0.2, 0.25) is 0 Å². The van der Waals surface area contributed by atoms with Gasteiger partial charge in [0.15, 0.2) is 0 Å². The van der Waals surface area contributed by atoms with Gasteiger partial charge in [-0.3, -0.25) is 0 Å². The third-order valence-corrected chi connectivity index (χ3v) is 2.34. The summed E-state index contributed by atoms with van der Waals surface area (Å²) in [6.07, 6.45) is 1.62. The van der Waals surface area contributed by atoms with Gasteiger partial charge in [-0.2, -0.15) is 0 Å². The fourth-order valence-corrected chi connectivity index (χ4v) is 1.48. The van der Waals surface area contributed by atoms with Crippen LogP contribution in [0.4, 0.5) is 4.39 Å². The highest BCUT2D eigenvalue weighted by Crippen LogP contribution is 2.25. The van der Waals surface area contributed by atoms with Crippen LogP contribution >= 0.6 is 0 Å². The molecule has 0 aliphatic heterocycles. The number of hydrogen-bond donors (Lipinski definition) is 1. The quantitative estimate of drug-likeness (QED) is 0.801. The van der Waals surface area contributed by atoms with E-state index < -0.39 is 0 Å². The highest BCUT2D eigenvalue weighted by Gasteiger charge is 2.09. The van der Waals surface area contributed by atoms with Gasteiger partial charge in [-0.25, -0.2) is 4.39 Å². The third kappa shape index (κ3) is 2.23. The predicted molar refractivity (Wildman–Crippen MR) is 55.1 cm³/mol. The molecule has 1 aromatic carbocycles. The summed E-state index contributed by atoms with van der Waals surface area (Å²) >= 11 is 0. The number of hydrogen-bond acceptors (Lipinski definition) is 2. The summed E-state index contributed by atoms with van der Waals surface area (Å²) in [4.78, 5) is 0. The first-order chi connectivity index (χ1) is 6.70. The molecule has 0 spiro atoms. The maximum Gasteiger partial charge on any atom is 0.126 e. The van der Waals surface area contributed by atoms with Gasteiger partial charge < -0.3 is 10.5 Å². The summed E-state index contributed by atoms with van der Waals surface area (Å²) in [5, 5.41) is 0. The molecular formula is C11H16FNO. The van der Waals surface area contributed by atoms with Crippen molar-refractivity contribution >= 4 is 0 Å². The van der Waals surface area contributed by atoms with Crippen LogP contribution < -0.4 is 10.5 Å². The molecule has 0 atom stereocenters. The predicted octanol–water partition coefficient (Wildman–Crippen LogP) is 2.03. The van der Waals surface area contributed by atoms with E-state index >= 15 is 0 Å². The highest BCUT2D eigenvalue weighted by molar-refractivity contribution is 5.40. The Morgan fingerprint density at radius 2 is 2.14 bits per heavy atom. The summed E-state index contributed by atoms with van der Waals surface area (Å²) in [6.45, 7) is 2.38. The lowest BCUT2D eigenvalue weighted by atomic mass is 10.0. The molecule has 2 N–H and O–H groups in total. The Morgan fingerprint density at radius 3 is 2.71 bits per heavy atom. The number of benzene rings is 1. The maximum atomic E-state index is 13.2. The molecule has 0 saturated carbocycles. The Hall–Kier alpha value is -1.09. The molecule has 0 aliphatic carbocycles. The number of rotatable bonds is 4. The average Bonchev–Trinajstić information content (AvgIpc) is 2.20. The van der Waals surface area contributed by atoms with Crippen LogP contribution in [0.5, 0.6) is 5.75 Å². The lowest BCUT2D eigenvalue weighted by Gasteiger charge is -2.11. The van der Waals surface area contributed by atoms with E-state index in [0.29, 0.717) is 12.1 Å². The first-order valence-electron chi connectivity index (χ1n) is 4.72. The molecule has 1 rings (SSSR count). The molecular weight excluding hydrogens is 181 g/mol. The average molecular weight is 197 g/mol. The van der Waals surface area contributed by atoms with Crippen molar-refractivity contribution in [1.82, 2.24) is 0 Å². The van der Waals surface area contributed by atoms with Crippen LogP contribution in [0.1, 0.15) is 17.5 Å². The monoisotopic (exact) mass is 197 g/mol. The summed E-state index contributed by atoms with van der Waals surface area (Å²) in [7, 11) is 1.60. The Bertz CT molecular complexity index is 312. The molecule has 0 fully saturated rings. The second kappa shape index (κ2) is 4.96. The molecule has 0 radical (unpaired) electrons.